The van der Waals surface area contributed by atoms with Crippen molar-refractivity contribution >= 4 is 21.6 Å². The molecule has 154 valence electrons. The number of nitrogens with zero attached hydrogens (tertiary/aromatic N) is 1. The molecule has 1 saturated carbocycles. The Morgan fingerprint density at radius 3 is 2.50 bits per heavy atom. The third-order valence-electron chi connectivity index (χ3n) is 4.51. The molecule has 1 heterocycles. The van der Waals surface area contributed by atoms with Gasteiger partial charge >= 0.3 is 6.18 Å². The van der Waals surface area contributed by atoms with Crippen molar-refractivity contribution in [3.8, 4) is 0 Å². The Bertz CT molecular complexity index is 988. The molecular formula is C16H16ClF4N3O3S. The molecule has 0 saturated heterocycles. The molecule has 1 aliphatic carbocycles. The molecule has 28 heavy (non-hydrogen) atoms. The SMILES string of the molecule is Cc1[nH]c(C(OC2CC(C(F)(F)F)C2)c2ccc(F)c(Cl)c2)nc1S(N)(=O)=O. The second-order valence-corrected chi connectivity index (χ2v) is 8.50. The molecule has 3 rings (SSSR count). The molecule has 2 aromatic rings. The second kappa shape index (κ2) is 7.29. The molecule has 1 fully saturated rings. The van der Waals surface area contributed by atoms with Crippen LogP contribution in [0.4, 0.5) is 17.6 Å². The summed E-state index contributed by atoms with van der Waals surface area (Å²) in [4.78, 5) is 6.66. The van der Waals surface area contributed by atoms with Gasteiger partial charge in [0.15, 0.2) is 5.03 Å². The van der Waals surface area contributed by atoms with Gasteiger partial charge in [0.25, 0.3) is 10.0 Å². The van der Waals surface area contributed by atoms with E-state index in [0.29, 0.717) is 5.56 Å². The summed E-state index contributed by atoms with van der Waals surface area (Å²) < 4.78 is 80.7. The van der Waals surface area contributed by atoms with E-state index in [1.165, 1.54) is 19.1 Å². The average molecular weight is 442 g/mol. The van der Waals surface area contributed by atoms with Gasteiger partial charge in [0.2, 0.25) is 0 Å². The van der Waals surface area contributed by atoms with Crippen LogP contribution in [0.5, 0.6) is 0 Å². The van der Waals surface area contributed by atoms with Gasteiger partial charge in [0.05, 0.1) is 22.7 Å². The van der Waals surface area contributed by atoms with Crippen LogP contribution >= 0.6 is 11.6 Å². The number of imidazole rings is 1. The molecule has 1 aliphatic rings. The van der Waals surface area contributed by atoms with Crippen LogP contribution in [-0.2, 0) is 14.8 Å². The monoisotopic (exact) mass is 441 g/mol. The third-order valence-corrected chi connectivity index (χ3v) is 5.73. The van der Waals surface area contributed by atoms with Crippen molar-refractivity contribution in [2.75, 3.05) is 0 Å². The Morgan fingerprint density at radius 1 is 1.36 bits per heavy atom. The fraction of sp³-hybridized carbons (Fsp3) is 0.438. The highest BCUT2D eigenvalue weighted by Crippen LogP contribution is 2.44. The van der Waals surface area contributed by atoms with Crippen LogP contribution in [0, 0.1) is 18.7 Å². The van der Waals surface area contributed by atoms with Crippen LogP contribution in [0.2, 0.25) is 5.02 Å². The number of hydrogen-bond acceptors (Lipinski definition) is 4. The van der Waals surface area contributed by atoms with Gasteiger partial charge in [0, 0.05) is 0 Å². The highest BCUT2D eigenvalue weighted by atomic mass is 35.5. The number of aromatic nitrogens is 2. The van der Waals surface area contributed by atoms with Crippen LogP contribution in [0.15, 0.2) is 23.2 Å². The van der Waals surface area contributed by atoms with E-state index in [9.17, 15) is 26.0 Å². The molecule has 1 unspecified atom stereocenters. The molecule has 0 bridgehead atoms. The standard InChI is InChI=1S/C16H16ClF4N3O3S/c1-7-15(28(22,25)26)24-14(23-7)13(8-2-3-12(18)11(17)4-8)27-10-5-9(6-10)16(19,20)21/h2-4,9-10,13H,5-6H2,1H3,(H,23,24)(H2,22,25,26). The van der Waals surface area contributed by atoms with Crippen LogP contribution in [-0.4, -0.2) is 30.7 Å². The van der Waals surface area contributed by atoms with Crippen molar-refractivity contribution in [3.05, 3.63) is 46.1 Å². The molecule has 0 radical (unpaired) electrons. The molecule has 6 nitrogen and oxygen atoms in total. The van der Waals surface area contributed by atoms with Gasteiger partial charge in [-0.15, -0.1) is 0 Å². The maximum absolute atomic E-state index is 13.5. The number of benzene rings is 1. The summed E-state index contributed by atoms with van der Waals surface area (Å²) in [5.74, 6) is -2.14. The Morgan fingerprint density at radius 2 is 2.00 bits per heavy atom. The van der Waals surface area contributed by atoms with Gasteiger partial charge in [-0.05, 0) is 37.5 Å². The van der Waals surface area contributed by atoms with Gasteiger partial charge in [-0.1, -0.05) is 17.7 Å². The number of alkyl halides is 3. The van der Waals surface area contributed by atoms with Gasteiger partial charge in [0.1, 0.15) is 17.7 Å². The smallest absolute Gasteiger partial charge is 0.362 e. The first kappa shape index (κ1) is 21.0. The van der Waals surface area contributed by atoms with E-state index >= 15 is 0 Å². The Labute approximate surface area is 163 Å². The molecule has 0 amide bonds. The second-order valence-electron chi connectivity index (χ2n) is 6.62. The normalized spacial score (nSPS) is 21.4. The van der Waals surface area contributed by atoms with E-state index in [0.717, 1.165) is 6.07 Å². The molecule has 1 aromatic carbocycles. The Hall–Kier alpha value is -1.69. The van der Waals surface area contributed by atoms with Gasteiger partial charge in [-0.3, -0.25) is 0 Å². The zero-order valence-electron chi connectivity index (χ0n) is 14.4. The van der Waals surface area contributed by atoms with Gasteiger partial charge in [-0.25, -0.2) is 22.9 Å². The fourth-order valence-corrected chi connectivity index (χ4v) is 3.87. The highest BCUT2D eigenvalue weighted by Gasteiger charge is 2.49. The number of halogens is 5. The summed E-state index contributed by atoms with van der Waals surface area (Å²) in [6, 6.07) is 3.65. The predicted molar refractivity (Wildman–Crippen MR) is 91.6 cm³/mol. The Kier molecular flexibility index (Phi) is 5.47. The minimum Gasteiger partial charge on any atom is -0.362 e. The summed E-state index contributed by atoms with van der Waals surface area (Å²) in [7, 11) is -4.12. The first-order chi connectivity index (χ1) is 12.9. The summed E-state index contributed by atoms with van der Waals surface area (Å²) in [6.45, 7) is 1.42. The number of aromatic amines is 1. The van der Waals surface area contributed by atoms with Crippen molar-refractivity contribution in [2.45, 2.75) is 43.2 Å². The molecule has 3 N–H and O–H groups in total. The number of H-pyrrole nitrogens is 1. The zero-order valence-corrected chi connectivity index (χ0v) is 16.0. The number of nitrogens with two attached hydrogens (primary N) is 1. The average Bonchev–Trinajstić information content (AvgIpc) is 2.89. The maximum Gasteiger partial charge on any atom is 0.392 e. The molecule has 0 aliphatic heterocycles. The zero-order chi connectivity index (χ0) is 20.9. The van der Waals surface area contributed by atoms with E-state index in [4.69, 9.17) is 21.5 Å². The third kappa shape index (κ3) is 4.32. The van der Waals surface area contributed by atoms with Crippen molar-refractivity contribution < 1.29 is 30.7 Å². The molecule has 0 spiro atoms. The summed E-state index contributed by atoms with van der Waals surface area (Å²) >= 11 is 5.80. The van der Waals surface area contributed by atoms with Crippen LogP contribution in [0.25, 0.3) is 0 Å². The first-order valence-corrected chi connectivity index (χ1v) is 10.0. The minimum absolute atomic E-state index is 0.0136. The number of aryl methyl sites for hydroxylation is 1. The quantitative estimate of drug-likeness (QED) is 0.692. The van der Waals surface area contributed by atoms with Crippen LogP contribution in [0.1, 0.15) is 36.0 Å². The number of primary sulfonamides is 1. The van der Waals surface area contributed by atoms with E-state index in [-0.39, 0.29) is 29.4 Å². The van der Waals surface area contributed by atoms with Crippen molar-refractivity contribution in [3.63, 3.8) is 0 Å². The van der Waals surface area contributed by atoms with E-state index in [1.54, 1.807) is 0 Å². The maximum atomic E-state index is 13.5. The van der Waals surface area contributed by atoms with Crippen LogP contribution < -0.4 is 5.14 Å². The number of rotatable bonds is 5. The predicted octanol–water partition coefficient (Wildman–Crippen LogP) is 3.60. The van der Waals surface area contributed by atoms with Crippen molar-refractivity contribution in [1.82, 2.24) is 9.97 Å². The van der Waals surface area contributed by atoms with E-state index in [2.05, 4.69) is 9.97 Å². The van der Waals surface area contributed by atoms with Crippen molar-refractivity contribution in [1.29, 1.82) is 0 Å². The summed E-state index contributed by atoms with van der Waals surface area (Å²) in [5.41, 5.74) is 0.442. The number of nitrogens with one attached hydrogen (secondary N) is 1. The van der Waals surface area contributed by atoms with E-state index < -0.39 is 45.2 Å². The molecule has 1 atom stereocenters. The largest absolute Gasteiger partial charge is 0.392 e. The lowest BCUT2D eigenvalue weighted by atomic mass is 9.81. The summed E-state index contributed by atoms with van der Waals surface area (Å²) in [5, 5.41) is 4.48. The molecule has 1 aromatic heterocycles. The lowest BCUT2D eigenvalue weighted by molar-refractivity contribution is -0.224. The van der Waals surface area contributed by atoms with Gasteiger partial charge in [-0.2, -0.15) is 13.2 Å². The molecule has 12 heteroatoms. The topological polar surface area (TPSA) is 98.1 Å². The fourth-order valence-electron chi connectivity index (χ4n) is 2.98. The van der Waals surface area contributed by atoms with Crippen molar-refractivity contribution in [2.24, 2.45) is 11.1 Å². The Balaban J connectivity index is 1.93. The number of ether oxygens (including phenoxy) is 1. The lowest BCUT2D eigenvalue weighted by Crippen LogP contribution is -2.41. The van der Waals surface area contributed by atoms with E-state index in [1.807, 2.05) is 0 Å². The summed E-state index contributed by atoms with van der Waals surface area (Å²) in [6.07, 6.45) is -6.60. The number of hydrogen-bond donors (Lipinski definition) is 2. The molecular weight excluding hydrogens is 426 g/mol. The first-order valence-electron chi connectivity index (χ1n) is 8.12. The lowest BCUT2D eigenvalue weighted by Gasteiger charge is -2.38. The van der Waals surface area contributed by atoms with Gasteiger partial charge < -0.3 is 9.72 Å². The highest BCUT2D eigenvalue weighted by molar-refractivity contribution is 7.89. The minimum atomic E-state index is -4.31. The van der Waals surface area contributed by atoms with Crippen LogP contribution in [0.3, 0.4) is 0 Å². The number of sulfonamides is 1.